The number of carbonyl (C=O) groups excluding carboxylic acids is 2. The van der Waals surface area contributed by atoms with Crippen LogP contribution in [0.1, 0.15) is 21.5 Å². The number of nitrogens with one attached hydrogen (secondary N) is 2. The zero-order chi connectivity index (χ0) is 20.5. The first-order valence-corrected chi connectivity index (χ1v) is 8.92. The highest BCUT2D eigenvalue weighted by Gasteiger charge is 2.17. The summed E-state index contributed by atoms with van der Waals surface area (Å²) < 4.78 is 15.9. The third-order valence-electron chi connectivity index (χ3n) is 4.24. The molecule has 0 aliphatic heterocycles. The van der Waals surface area contributed by atoms with Crippen LogP contribution in [-0.2, 0) is 4.79 Å². The van der Waals surface area contributed by atoms with Crippen LogP contribution in [0, 0.1) is 13.8 Å². The second-order valence-corrected chi connectivity index (χ2v) is 6.18. The molecule has 0 aliphatic rings. The average Bonchev–Trinajstić information content (AvgIpc) is 2.71. The predicted molar refractivity (Wildman–Crippen MR) is 106 cm³/mol. The van der Waals surface area contributed by atoms with E-state index in [1.54, 1.807) is 18.2 Å². The lowest BCUT2D eigenvalue weighted by Gasteiger charge is -2.13. The maximum atomic E-state index is 12.4. The standard InChI is InChI=1S/C21H26N2O5/c1-14-8-9-16(12-15(14)2)28-13-19(24)22-10-11-23-21(25)20-17(26-3)6-5-7-18(20)27-4/h5-9,12H,10-11,13H2,1-4H3,(H,22,24)(H,23,25). The number of ether oxygens (including phenoxy) is 3. The minimum absolute atomic E-state index is 0.0865. The van der Waals surface area contributed by atoms with Crippen molar-refractivity contribution in [1.82, 2.24) is 10.6 Å². The Balaban J connectivity index is 1.77. The van der Waals surface area contributed by atoms with Crippen molar-refractivity contribution in [2.45, 2.75) is 13.8 Å². The van der Waals surface area contributed by atoms with E-state index in [9.17, 15) is 9.59 Å². The Kier molecular flexibility index (Phi) is 7.68. The molecule has 2 rings (SSSR count). The highest BCUT2D eigenvalue weighted by molar-refractivity contribution is 5.99. The van der Waals surface area contributed by atoms with Gasteiger partial charge < -0.3 is 24.8 Å². The van der Waals surface area contributed by atoms with E-state index in [0.717, 1.165) is 5.56 Å². The molecule has 0 bridgehead atoms. The van der Waals surface area contributed by atoms with Gasteiger partial charge >= 0.3 is 0 Å². The zero-order valence-corrected chi connectivity index (χ0v) is 16.6. The summed E-state index contributed by atoms with van der Waals surface area (Å²) in [5, 5.41) is 5.44. The van der Waals surface area contributed by atoms with Crippen molar-refractivity contribution >= 4 is 11.8 Å². The molecule has 0 atom stereocenters. The lowest BCUT2D eigenvalue weighted by atomic mass is 10.1. The molecule has 2 aromatic carbocycles. The SMILES string of the molecule is COc1cccc(OC)c1C(=O)NCCNC(=O)COc1ccc(C)c(C)c1. The van der Waals surface area contributed by atoms with Crippen LogP contribution in [0.4, 0.5) is 0 Å². The largest absolute Gasteiger partial charge is 0.496 e. The van der Waals surface area contributed by atoms with Gasteiger partial charge in [-0.2, -0.15) is 0 Å². The Morgan fingerprint density at radius 3 is 2.14 bits per heavy atom. The number of carbonyl (C=O) groups is 2. The van der Waals surface area contributed by atoms with Crippen LogP contribution in [0.15, 0.2) is 36.4 Å². The molecule has 2 aromatic rings. The van der Waals surface area contributed by atoms with Gasteiger partial charge in [-0.05, 0) is 49.2 Å². The second-order valence-electron chi connectivity index (χ2n) is 6.18. The number of hydrogen-bond donors (Lipinski definition) is 2. The molecule has 0 radical (unpaired) electrons. The summed E-state index contributed by atoms with van der Waals surface area (Å²) in [5.41, 5.74) is 2.59. The van der Waals surface area contributed by atoms with E-state index in [1.807, 2.05) is 32.0 Å². The lowest BCUT2D eigenvalue weighted by molar-refractivity contribution is -0.123. The number of amides is 2. The summed E-state index contributed by atoms with van der Waals surface area (Å²) >= 11 is 0. The first kappa shape index (κ1) is 21.1. The normalized spacial score (nSPS) is 10.1. The van der Waals surface area contributed by atoms with E-state index in [4.69, 9.17) is 14.2 Å². The van der Waals surface area contributed by atoms with Crippen LogP contribution in [0.2, 0.25) is 0 Å². The molecule has 0 unspecified atom stereocenters. The van der Waals surface area contributed by atoms with Gasteiger partial charge in [0.1, 0.15) is 22.8 Å². The van der Waals surface area contributed by atoms with Gasteiger partial charge in [-0.1, -0.05) is 12.1 Å². The van der Waals surface area contributed by atoms with Gasteiger partial charge in [0, 0.05) is 13.1 Å². The molecule has 28 heavy (non-hydrogen) atoms. The molecule has 0 aromatic heterocycles. The molecule has 0 spiro atoms. The Hall–Kier alpha value is -3.22. The molecular formula is C21H26N2O5. The van der Waals surface area contributed by atoms with E-state index in [0.29, 0.717) is 22.8 Å². The van der Waals surface area contributed by atoms with Crippen molar-refractivity contribution in [3.05, 3.63) is 53.1 Å². The summed E-state index contributed by atoms with van der Waals surface area (Å²) in [5.74, 6) is 0.887. The Morgan fingerprint density at radius 1 is 0.893 bits per heavy atom. The van der Waals surface area contributed by atoms with E-state index in [1.165, 1.54) is 19.8 Å². The highest BCUT2D eigenvalue weighted by Crippen LogP contribution is 2.27. The van der Waals surface area contributed by atoms with Gasteiger partial charge in [0.15, 0.2) is 6.61 Å². The second kappa shape index (κ2) is 10.2. The van der Waals surface area contributed by atoms with Crippen molar-refractivity contribution in [1.29, 1.82) is 0 Å². The number of benzene rings is 2. The number of methoxy groups -OCH3 is 2. The molecule has 2 N–H and O–H groups in total. The maximum Gasteiger partial charge on any atom is 0.258 e. The molecule has 7 nitrogen and oxygen atoms in total. The van der Waals surface area contributed by atoms with Crippen LogP contribution in [0.5, 0.6) is 17.2 Å². The van der Waals surface area contributed by atoms with Gasteiger partial charge in [0.25, 0.3) is 11.8 Å². The van der Waals surface area contributed by atoms with E-state index < -0.39 is 0 Å². The molecule has 0 saturated heterocycles. The predicted octanol–water partition coefficient (Wildman–Crippen LogP) is 2.25. The molecule has 150 valence electrons. The topological polar surface area (TPSA) is 85.9 Å². The molecule has 7 heteroatoms. The molecule has 2 amide bonds. The third kappa shape index (κ3) is 5.64. The Bertz CT molecular complexity index is 813. The minimum atomic E-state index is -0.338. The smallest absolute Gasteiger partial charge is 0.258 e. The quantitative estimate of drug-likeness (QED) is 0.646. The van der Waals surface area contributed by atoms with Crippen LogP contribution in [-0.4, -0.2) is 45.7 Å². The Morgan fingerprint density at radius 2 is 1.54 bits per heavy atom. The maximum absolute atomic E-state index is 12.4. The van der Waals surface area contributed by atoms with Crippen molar-refractivity contribution in [3.8, 4) is 17.2 Å². The van der Waals surface area contributed by atoms with Crippen molar-refractivity contribution in [2.75, 3.05) is 33.9 Å². The fourth-order valence-electron chi connectivity index (χ4n) is 2.54. The van der Waals surface area contributed by atoms with Crippen molar-refractivity contribution < 1.29 is 23.8 Å². The van der Waals surface area contributed by atoms with E-state index in [2.05, 4.69) is 10.6 Å². The van der Waals surface area contributed by atoms with Crippen molar-refractivity contribution in [3.63, 3.8) is 0 Å². The molecule has 0 heterocycles. The van der Waals surface area contributed by atoms with Crippen molar-refractivity contribution in [2.24, 2.45) is 0 Å². The van der Waals surface area contributed by atoms with Crippen LogP contribution >= 0.6 is 0 Å². The van der Waals surface area contributed by atoms with Crippen LogP contribution < -0.4 is 24.8 Å². The first-order chi connectivity index (χ1) is 13.5. The number of rotatable bonds is 9. The van der Waals surface area contributed by atoms with Crippen LogP contribution in [0.25, 0.3) is 0 Å². The number of hydrogen-bond acceptors (Lipinski definition) is 5. The summed E-state index contributed by atoms with van der Waals surface area (Å²) in [6.07, 6.45) is 0. The van der Waals surface area contributed by atoms with Gasteiger partial charge in [-0.15, -0.1) is 0 Å². The zero-order valence-electron chi connectivity index (χ0n) is 16.6. The summed E-state index contributed by atoms with van der Waals surface area (Å²) in [6.45, 7) is 4.45. The van der Waals surface area contributed by atoms with Gasteiger partial charge in [-0.25, -0.2) is 0 Å². The minimum Gasteiger partial charge on any atom is -0.496 e. The fourth-order valence-corrected chi connectivity index (χ4v) is 2.54. The highest BCUT2D eigenvalue weighted by atomic mass is 16.5. The van der Waals surface area contributed by atoms with Gasteiger partial charge in [-0.3, -0.25) is 9.59 Å². The monoisotopic (exact) mass is 386 g/mol. The van der Waals surface area contributed by atoms with Gasteiger partial charge in [0.05, 0.1) is 14.2 Å². The lowest BCUT2D eigenvalue weighted by Crippen LogP contribution is -2.37. The molecule has 0 fully saturated rings. The van der Waals surface area contributed by atoms with Crippen LogP contribution in [0.3, 0.4) is 0 Å². The third-order valence-corrected chi connectivity index (χ3v) is 4.24. The molecule has 0 aliphatic carbocycles. The van der Waals surface area contributed by atoms with E-state index in [-0.39, 0.29) is 31.5 Å². The van der Waals surface area contributed by atoms with Gasteiger partial charge in [0.2, 0.25) is 0 Å². The molecule has 0 saturated carbocycles. The summed E-state index contributed by atoms with van der Waals surface area (Å²) in [4.78, 5) is 24.3. The Labute approximate surface area is 165 Å². The first-order valence-electron chi connectivity index (χ1n) is 8.92. The van der Waals surface area contributed by atoms with E-state index >= 15 is 0 Å². The fraction of sp³-hybridized carbons (Fsp3) is 0.333. The summed E-state index contributed by atoms with van der Waals surface area (Å²) in [7, 11) is 2.97. The number of aryl methyl sites for hydroxylation is 2. The molecular weight excluding hydrogens is 360 g/mol. The summed E-state index contributed by atoms with van der Waals surface area (Å²) in [6, 6.07) is 10.8. The average molecular weight is 386 g/mol.